The van der Waals surface area contributed by atoms with Crippen molar-refractivity contribution in [1.82, 2.24) is 39.9 Å². The molecule has 12 rings (SSSR count). The second-order valence-electron chi connectivity index (χ2n) is 15.9. The summed E-state index contributed by atoms with van der Waals surface area (Å²) < 4.78 is 0. The third-order valence-electron chi connectivity index (χ3n) is 10.7. The van der Waals surface area contributed by atoms with Crippen LogP contribution in [0, 0.1) is 58.3 Å². The number of aromatic nitrogens is 8. The first-order chi connectivity index (χ1) is 41.0. The monoisotopic (exact) mass is 1330 g/mol. The number of hydrogen-bond acceptors (Lipinski definition) is 14. The maximum absolute atomic E-state index is 8.24. The molecule has 0 saturated carbocycles. The fourth-order valence-electron chi connectivity index (χ4n) is 7.25. The molecule has 0 aliphatic rings. The van der Waals surface area contributed by atoms with E-state index in [0.29, 0.717) is 6.08 Å². The number of aliphatic hydroxyl groups is 1. The zero-order chi connectivity index (χ0) is 59.0. The summed E-state index contributed by atoms with van der Waals surface area (Å²) >= 11 is 3.70. The van der Waals surface area contributed by atoms with Gasteiger partial charge in [0.05, 0.1) is 0 Å². The molecule has 0 aliphatic carbocycles. The number of thiocyanates is 1. The third-order valence-corrected chi connectivity index (χ3v) is 10.7. The van der Waals surface area contributed by atoms with Crippen molar-refractivity contribution >= 4 is 18.7 Å². The van der Waals surface area contributed by atoms with Crippen molar-refractivity contribution in [2.24, 2.45) is 0 Å². The maximum atomic E-state index is 8.24. The molecule has 436 valence electrons. The average Bonchev–Trinajstić information content (AvgIpc) is 3.73. The SMILES string of the molecule is N#CO.N#C[S-].[C-]#N.[N-]=C=O.[Ni+2].[Ni+2].[Ni+2].[Ni].[c-]1c(-c2ccccn2)cccc1-c1ccccn1.[c-]1c(-c2ccccn2)cccc1-c1ccccn1.[c-]1c(-c2ccccn2)cccc1-c1ccccn1.[c-]1c(-c2ccccn2)cccc1-c1ccccn1. The summed E-state index contributed by atoms with van der Waals surface area (Å²) in [5.74, 6) is 0. The molecule has 0 spiro atoms. The molecule has 0 aliphatic heterocycles. The van der Waals surface area contributed by atoms with Crippen LogP contribution in [-0.2, 0) is 83.4 Å². The summed E-state index contributed by atoms with van der Waals surface area (Å²) in [7, 11) is 0. The smallest absolute Gasteiger partial charge is 0.724 e. The fraction of sp³-hybridized carbons (Fsp3) is 0. The third kappa shape index (κ3) is 26.2. The second-order valence-corrected chi connectivity index (χ2v) is 16.1. The average molecular weight is 1330 g/mol. The summed E-state index contributed by atoms with van der Waals surface area (Å²) in [4.78, 5) is 42.9. The fourth-order valence-corrected chi connectivity index (χ4v) is 7.25. The van der Waals surface area contributed by atoms with Crippen LogP contribution in [0.4, 0.5) is 0 Å². The van der Waals surface area contributed by atoms with Crippen molar-refractivity contribution in [2.75, 3.05) is 0 Å². The number of hydrogen-bond donors (Lipinski definition) is 1. The summed E-state index contributed by atoms with van der Waals surface area (Å²) in [6.07, 6.45) is 15.6. The molecular formula is C68H45N12Ni4O2S-. The molecule has 0 fully saturated rings. The standard InChI is InChI=1S/4C16H11N2.CHNO.CNO.CHNS.CN.4Ni/c4*1-3-10-17-15(8-1)13-6-5-7-14(12-13)16-9-2-4-11-18-16;3*2-1-3;1-2;;;;/h4*1-11H;3H;;3H;;;;;/q4*-1;;-1;;-1;;3*+2/p-1. The van der Waals surface area contributed by atoms with E-state index in [0.717, 1.165) is 96.3 Å². The van der Waals surface area contributed by atoms with Crippen LogP contribution in [0.25, 0.3) is 95.5 Å². The van der Waals surface area contributed by atoms with Crippen LogP contribution in [0.2, 0.25) is 0 Å². The minimum atomic E-state index is 0. The van der Waals surface area contributed by atoms with Crippen LogP contribution >= 0.6 is 0 Å². The molecule has 8 aromatic heterocycles. The van der Waals surface area contributed by atoms with Gasteiger partial charge in [-0.2, -0.15) is 5.26 Å². The van der Waals surface area contributed by atoms with Gasteiger partial charge in [0.25, 0.3) is 6.26 Å². The molecule has 14 nitrogen and oxygen atoms in total. The molecule has 1 N–H and O–H groups in total. The Morgan fingerprint density at radius 1 is 0.333 bits per heavy atom. The summed E-state index contributed by atoms with van der Waals surface area (Å²) in [6.45, 7) is 4.75. The Hall–Kier alpha value is -10.1. The molecule has 0 radical (unpaired) electrons. The summed E-state index contributed by atoms with van der Waals surface area (Å²) in [6, 6.07) is 84.4. The van der Waals surface area contributed by atoms with E-state index in [1.54, 1.807) is 49.6 Å². The first-order valence-electron chi connectivity index (χ1n) is 24.7. The molecular weight excluding hydrogens is 1280 g/mol. The number of rotatable bonds is 8. The zero-order valence-electron chi connectivity index (χ0n) is 45.3. The van der Waals surface area contributed by atoms with E-state index in [1.807, 2.05) is 218 Å². The molecule has 4 aromatic carbocycles. The van der Waals surface area contributed by atoms with Crippen molar-refractivity contribution in [3.63, 3.8) is 0 Å². The molecule has 0 saturated heterocycles. The van der Waals surface area contributed by atoms with E-state index in [2.05, 4.69) is 76.8 Å². The largest absolute Gasteiger partial charge is 2.00 e. The van der Waals surface area contributed by atoms with E-state index in [4.69, 9.17) is 37.7 Å². The van der Waals surface area contributed by atoms with Gasteiger partial charge in [-0.25, -0.2) is 5.26 Å². The van der Waals surface area contributed by atoms with Gasteiger partial charge >= 0.3 is 49.5 Å². The van der Waals surface area contributed by atoms with Crippen molar-refractivity contribution < 1.29 is 75.9 Å². The molecule has 8 heterocycles. The maximum Gasteiger partial charge on any atom is 2.00 e. The number of pyridine rings is 8. The van der Waals surface area contributed by atoms with Crippen molar-refractivity contribution in [2.45, 2.75) is 0 Å². The summed E-state index contributed by atoms with van der Waals surface area (Å²) in [5, 5.41) is 35.2. The van der Waals surface area contributed by atoms with E-state index >= 15 is 0 Å². The van der Waals surface area contributed by atoms with Crippen LogP contribution < -0.4 is 0 Å². The molecule has 0 atom stereocenters. The van der Waals surface area contributed by atoms with Crippen LogP contribution in [0.15, 0.2) is 268 Å². The zero-order valence-corrected chi connectivity index (χ0v) is 50.1. The van der Waals surface area contributed by atoms with Gasteiger partial charge in [0.15, 0.2) is 0 Å². The number of nitrogens with zero attached hydrogens (tertiary/aromatic N) is 12. The van der Waals surface area contributed by atoms with Crippen LogP contribution in [0.3, 0.4) is 0 Å². The van der Waals surface area contributed by atoms with Gasteiger partial charge in [-0.15, -0.1) is 97.1 Å². The first-order valence-corrected chi connectivity index (χ1v) is 25.1. The van der Waals surface area contributed by atoms with Crippen LogP contribution in [-0.4, -0.2) is 51.1 Å². The number of isocyanates is 1. The van der Waals surface area contributed by atoms with E-state index in [1.165, 1.54) is 5.40 Å². The predicted molar refractivity (Wildman–Crippen MR) is 322 cm³/mol. The van der Waals surface area contributed by atoms with Gasteiger partial charge in [-0.1, -0.05) is 147 Å². The minimum Gasteiger partial charge on any atom is -0.724 e. The Labute approximate surface area is 551 Å². The van der Waals surface area contributed by atoms with Gasteiger partial charge in [0.1, 0.15) is 0 Å². The minimum absolute atomic E-state index is 0. The van der Waals surface area contributed by atoms with Crippen molar-refractivity contribution in [1.29, 1.82) is 15.8 Å². The Balaban J connectivity index is 0.000000541. The van der Waals surface area contributed by atoms with E-state index < -0.39 is 0 Å². The Kier molecular flexibility index (Phi) is 39.1. The molecule has 0 unspecified atom stereocenters. The van der Waals surface area contributed by atoms with E-state index in [9.17, 15) is 0 Å². The van der Waals surface area contributed by atoms with E-state index in [-0.39, 0.29) is 66.0 Å². The second kappa shape index (κ2) is 45.4. The Morgan fingerprint density at radius 2 is 0.448 bits per heavy atom. The molecule has 0 amide bonds. The van der Waals surface area contributed by atoms with Crippen LogP contribution in [0.5, 0.6) is 0 Å². The van der Waals surface area contributed by atoms with Crippen molar-refractivity contribution in [3.05, 3.63) is 304 Å². The topological polar surface area (TPSA) is 234 Å². The molecule has 19 heteroatoms. The number of aliphatic hydroxyl groups excluding tert-OH is 1. The summed E-state index contributed by atoms with van der Waals surface area (Å²) in [5.41, 5.74) is 15.3. The number of nitriles is 2. The first kappa shape index (κ1) is 74.9. The molecule has 12 aromatic rings. The van der Waals surface area contributed by atoms with Gasteiger partial charge in [0.2, 0.25) is 0 Å². The number of benzene rings is 4. The quantitative estimate of drug-likeness (QED) is 0.0372. The Bertz CT molecular complexity index is 3200. The predicted octanol–water partition coefficient (Wildman–Crippen LogP) is 14.3. The number of carbonyl (C=O) groups excluding carboxylic acids is 1. The van der Waals surface area contributed by atoms with Gasteiger partial charge in [-0.05, 0) is 54.6 Å². The van der Waals surface area contributed by atoms with Gasteiger partial charge < -0.3 is 35.0 Å². The normalized spacial score (nSPS) is 8.74. The Morgan fingerprint density at radius 3 is 0.540 bits per heavy atom. The van der Waals surface area contributed by atoms with Crippen molar-refractivity contribution in [3.8, 4) is 102 Å². The molecule has 87 heavy (non-hydrogen) atoms. The van der Waals surface area contributed by atoms with Gasteiger partial charge in [0, 0.05) is 112 Å². The van der Waals surface area contributed by atoms with Gasteiger partial charge in [-0.3, -0.25) is 44.7 Å². The molecule has 0 bridgehead atoms. The van der Waals surface area contributed by atoms with Crippen LogP contribution in [0.1, 0.15) is 0 Å².